The van der Waals surface area contributed by atoms with Gasteiger partial charge in [0.15, 0.2) is 0 Å². The minimum absolute atomic E-state index is 0.00315. The van der Waals surface area contributed by atoms with E-state index in [1.165, 1.54) is 18.2 Å². The van der Waals surface area contributed by atoms with Crippen LogP contribution in [0.3, 0.4) is 0 Å². The first kappa shape index (κ1) is 28.4. The summed E-state index contributed by atoms with van der Waals surface area (Å²) < 4.78 is 38.6. The summed E-state index contributed by atoms with van der Waals surface area (Å²) in [5, 5.41) is 14.9. The smallest absolute Gasteiger partial charge is 0.416 e. The van der Waals surface area contributed by atoms with Gasteiger partial charge in [-0.3, -0.25) is 14.4 Å². The predicted octanol–water partition coefficient (Wildman–Crippen LogP) is 7.22. The van der Waals surface area contributed by atoms with E-state index in [-0.39, 0.29) is 21.8 Å². The van der Waals surface area contributed by atoms with Crippen LogP contribution in [-0.4, -0.2) is 22.9 Å². The molecule has 0 saturated heterocycles. The molecule has 40 heavy (non-hydrogen) atoms. The lowest BCUT2D eigenvalue weighted by Crippen LogP contribution is -2.31. The standard InChI is InChI=1S/C30H22ClF3N2O4/c31-23-14-15-24(26(16-23)36-28(39)21-10-12-22(13-11-21)30(32,33)34)29(40)35-25(17-27(37)38)20-8-6-19(7-9-20)18-4-2-1-3-5-18/h1-16,25H,17H2,(H,35,40)(H,36,39)(H,37,38). The number of halogens is 4. The lowest BCUT2D eigenvalue weighted by Gasteiger charge is -2.19. The zero-order valence-electron chi connectivity index (χ0n) is 20.7. The molecule has 0 aromatic heterocycles. The highest BCUT2D eigenvalue weighted by atomic mass is 35.5. The fraction of sp³-hybridized carbons (Fsp3) is 0.100. The molecule has 2 amide bonds. The molecule has 4 aromatic carbocycles. The van der Waals surface area contributed by atoms with Crippen molar-refractivity contribution in [2.75, 3.05) is 5.32 Å². The number of carbonyl (C=O) groups excluding carboxylic acids is 2. The Morgan fingerprint density at radius 1 is 0.800 bits per heavy atom. The average Bonchev–Trinajstić information content (AvgIpc) is 2.92. The maximum Gasteiger partial charge on any atom is 0.416 e. The molecule has 0 fully saturated rings. The van der Waals surface area contributed by atoms with E-state index in [0.717, 1.165) is 35.4 Å². The fourth-order valence-electron chi connectivity index (χ4n) is 4.02. The van der Waals surface area contributed by atoms with E-state index in [1.54, 1.807) is 12.1 Å². The van der Waals surface area contributed by atoms with Crippen molar-refractivity contribution in [3.63, 3.8) is 0 Å². The van der Waals surface area contributed by atoms with Gasteiger partial charge in [0, 0.05) is 10.6 Å². The summed E-state index contributed by atoms with van der Waals surface area (Å²) in [6, 6.07) is 23.5. The number of alkyl halides is 3. The highest BCUT2D eigenvalue weighted by Crippen LogP contribution is 2.30. The van der Waals surface area contributed by atoms with Crippen molar-refractivity contribution >= 4 is 35.1 Å². The summed E-state index contributed by atoms with van der Waals surface area (Å²) in [5.41, 5.74) is 1.46. The summed E-state index contributed by atoms with van der Waals surface area (Å²) in [6.07, 6.45) is -4.96. The number of anilines is 1. The maximum atomic E-state index is 13.3. The topological polar surface area (TPSA) is 95.5 Å². The summed E-state index contributed by atoms with van der Waals surface area (Å²) in [6.45, 7) is 0. The van der Waals surface area contributed by atoms with Crippen molar-refractivity contribution in [2.24, 2.45) is 0 Å². The third-order valence-corrected chi connectivity index (χ3v) is 6.29. The summed E-state index contributed by atoms with van der Waals surface area (Å²) in [7, 11) is 0. The number of carbonyl (C=O) groups is 3. The number of hydrogen-bond donors (Lipinski definition) is 3. The number of amides is 2. The molecular formula is C30H22ClF3N2O4. The number of aliphatic carboxylic acids is 1. The van der Waals surface area contributed by atoms with E-state index in [0.29, 0.717) is 5.56 Å². The fourth-order valence-corrected chi connectivity index (χ4v) is 4.20. The van der Waals surface area contributed by atoms with E-state index >= 15 is 0 Å². The van der Waals surface area contributed by atoms with Crippen molar-refractivity contribution in [2.45, 2.75) is 18.6 Å². The number of rotatable bonds is 8. The summed E-state index contributed by atoms with van der Waals surface area (Å²) in [4.78, 5) is 37.6. The van der Waals surface area contributed by atoms with Gasteiger partial charge in [-0.2, -0.15) is 13.2 Å². The molecule has 0 spiro atoms. The number of hydrogen-bond acceptors (Lipinski definition) is 3. The zero-order chi connectivity index (χ0) is 28.9. The lowest BCUT2D eigenvalue weighted by atomic mass is 9.98. The summed E-state index contributed by atoms with van der Waals surface area (Å²) in [5.74, 6) is -2.58. The monoisotopic (exact) mass is 566 g/mol. The molecule has 6 nitrogen and oxygen atoms in total. The second kappa shape index (κ2) is 12.0. The molecule has 4 rings (SSSR count). The zero-order valence-corrected chi connectivity index (χ0v) is 21.5. The van der Waals surface area contributed by atoms with Gasteiger partial charge in [0.25, 0.3) is 11.8 Å². The van der Waals surface area contributed by atoms with Crippen LogP contribution in [0.2, 0.25) is 5.02 Å². The van der Waals surface area contributed by atoms with Gasteiger partial charge in [-0.05, 0) is 59.2 Å². The van der Waals surface area contributed by atoms with Crippen LogP contribution in [0, 0.1) is 0 Å². The third kappa shape index (κ3) is 7.06. The second-order valence-corrected chi connectivity index (χ2v) is 9.27. The van der Waals surface area contributed by atoms with Crippen molar-refractivity contribution < 1.29 is 32.7 Å². The SMILES string of the molecule is O=C(O)CC(NC(=O)c1ccc(Cl)cc1NC(=O)c1ccc(C(F)(F)F)cc1)c1ccc(-c2ccccc2)cc1. The molecule has 4 aromatic rings. The molecule has 0 radical (unpaired) electrons. The van der Waals surface area contributed by atoms with Crippen LogP contribution in [-0.2, 0) is 11.0 Å². The van der Waals surface area contributed by atoms with Crippen LogP contribution in [0.4, 0.5) is 18.9 Å². The summed E-state index contributed by atoms with van der Waals surface area (Å²) >= 11 is 6.07. The Morgan fingerprint density at radius 3 is 2.02 bits per heavy atom. The number of carboxylic acids is 1. The van der Waals surface area contributed by atoms with Crippen molar-refractivity contribution in [1.29, 1.82) is 0 Å². The first-order chi connectivity index (χ1) is 19.0. The first-order valence-corrected chi connectivity index (χ1v) is 12.4. The van der Waals surface area contributed by atoms with Crippen molar-refractivity contribution in [3.8, 4) is 11.1 Å². The molecule has 0 bridgehead atoms. The van der Waals surface area contributed by atoms with E-state index in [1.807, 2.05) is 42.5 Å². The Morgan fingerprint density at radius 2 is 1.43 bits per heavy atom. The Labute approximate surface area is 232 Å². The predicted molar refractivity (Wildman–Crippen MR) is 145 cm³/mol. The number of benzene rings is 4. The van der Waals surface area contributed by atoms with Crippen LogP contribution in [0.15, 0.2) is 97.1 Å². The molecule has 0 saturated carbocycles. The van der Waals surface area contributed by atoms with Gasteiger partial charge in [-0.1, -0.05) is 66.2 Å². The third-order valence-electron chi connectivity index (χ3n) is 6.05. The molecule has 0 aliphatic heterocycles. The molecule has 204 valence electrons. The van der Waals surface area contributed by atoms with Crippen LogP contribution in [0.1, 0.15) is 44.3 Å². The van der Waals surface area contributed by atoms with Gasteiger partial charge in [-0.15, -0.1) is 0 Å². The number of nitrogens with one attached hydrogen (secondary N) is 2. The van der Waals surface area contributed by atoms with Gasteiger partial charge in [0.2, 0.25) is 0 Å². The average molecular weight is 567 g/mol. The Balaban J connectivity index is 1.55. The van der Waals surface area contributed by atoms with Gasteiger partial charge in [-0.25, -0.2) is 0 Å². The van der Waals surface area contributed by atoms with Crippen LogP contribution in [0.25, 0.3) is 11.1 Å². The highest BCUT2D eigenvalue weighted by Gasteiger charge is 2.30. The van der Waals surface area contributed by atoms with Crippen LogP contribution < -0.4 is 10.6 Å². The van der Waals surface area contributed by atoms with Gasteiger partial charge in [0.05, 0.1) is 29.3 Å². The Bertz CT molecular complexity index is 1520. The molecule has 1 unspecified atom stereocenters. The lowest BCUT2D eigenvalue weighted by molar-refractivity contribution is -0.138. The highest BCUT2D eigenvalue weighted by molar-refractivity contribution is 6.31. The molecular weight excluding hydrogens is 545 g/mol. The normalized spacial score (nSPS) is 11.9. The van der Waals surface area contributed by atoms with Crippen LogP contribution in [0.5, 0.6) is 0 Å². The quantitative estimate of drug-likeness (QED) is 0.210. The van der Waals surface area contributed by atoms with E-state index in [9.17, 15) is 32.7 Å². The number of carboxylic acid groups (broad SMARTS) is 1. The Hall–Kier alpha value is -4.63. The molecule has 10 heteroatoms. The maximum absolute atomic E-state index is 13.3. The van der Waals surface area contributed by atoms with Gasteiger partial charge in [0.1, 0.15) is 0 Å². The largest absolute Gasteiger partial charge is 0.481 e. The minimum atomic E-state index is -4.55. The second-order valence-electron chi connectivity index (χ2n) is 8.83. The Kier molecular flexibility index (Phi) is 8.55. The van der Waals surface area contributed by atoms with Crippen molar-refractivity contribution in [3.05, 3.63) is 124 Å². The molecule has 0 heterocycles. The first-order valence-electron chi connectivity index (χ1n) is 12.0. The van der Waals surface area contributed by atoms with E-state index in [2.05, 4.69) is 10.6 Å². The minimum Gasteiger partial charge on any atom is -0.481 e. The van der Waals surface area contributed by atoms with Gasteiger partial charge < -0.3 is 15.7 Å². The van der Waals surface area contributed by atoms with E-state index < -0.39 is 42.0 Å². The molecule has 3 N–H and O–H groups in total. The van der Waals surface area contributed by atoms with Crippen molar-refractivity contribution in [1.82, 2.24) is 5.32 Å². The molecule has 0 aliphatic rings. The van der Waals surface area contributed by atoms with E-state index in [4.69, 9.17) is 11.6 Å². The molecule has 1 atom stereocenters. The molecule has 0 aliphatic carbocycles. The van der Waals surface area contributed by atoms with Gasteiger partial charge >= 0.3 is 12.1 Å². The van der Waals surface area contributed by atoms with Crippen LogP contribution >= 0.6 is 11.6 Å².